The molecular formula is C30H48O4. The van der Waals surface area contributed by atoms with Crippen molar-refractivity contribution in [2.24, 2.45) is 44.3 Å². The van der Waals surface area contributed by atoms with Crippen LogP contribution in [0.3, 0.4) is 0 Å². The van der Waals surface area contributed by atoms with E-state index in [9.17, 15) is 20.4 Å². The summed E-state index contributed by atoms with van der Waals surface area (Å²) in [5.41, 5.74) is 1.75. The molecule has 5 rings (SSSR count). The lowest BCUT2D eigenvalue weighted by atomic mass is 9.35. The molecule has 0 aliphatic heterocycles. The molecule has 4 N–H and O–H groups in total. The van der Waals surface area contributed by atoms with E-state index in [0.717, 1.165) is 44.9 Å². The van der Waals surface area contributed by atoms with E-state index in [4.69, 9.17) is 0 Å². The van der Waals surface area contributed by atoms with Gasteiger partial charge in [-0.25, -0.2) is 0 Å². The summed E-state index contributed by atoms with van der Waals surface area (Å²) >= 11 is 0. The zero-order valence-electron chi connectivity index (χ0n) is 22.3. The van der Waals surface area contributed by atoms with Gasteiger partial charge in [-0.2, -0.15) is 0 Å². The lowest BCUT2D eigenvalue weighted by molar-refractivity contribution is -0.203. The average molecular weight is 473 g/mol. The van der Waals surface area contributed by atoms with Crippen molar-refractivity contribution in [3.05, 3.63) is 23.3 Å². The molecule has 0 radical (unpaired) electrons. The molecule has 3 saturated carbocycles. The third kappa shape index (κ3) is 2.86. The Hall–Kier alpha value is -0.680. The van der Waals surface area contributed by atoms with E-state index in [-0.39, 0.29) is 40.8 Å². The summed E-state index contributed by atoms with van der Waals surface area (Å²) in [6.07, 6.45) is 11.1. The lowest BCUT2D eigenvalue weighted by Gasteiger charge is -2.70. The van der Waals surface area contributed by atoms with Gasteiger partial charge in [-0.3, -0.25) is 0 Å². The molecule has 0 amide bonds. The topological polar surface area (TPSA) is 80.9 Å². The Bertz CT molecular complexity index is 921. The summed E-state index contributed by atoms with van der Waals surface area (Å²) in [5, 5.41) is 43.6. The molecule has 4 unspecified atom stereocenters. The summed E-state index contributed by atoms with van der Waals surface area (Å²) in [6.45, 7) is 14.1. The smallest absolute Gasteiger partial charge is 0.0664 e. The quantitative estimate of drug-likeness (QED) is 0.456. The van der Waals surface area contributed by atoms with Crippen LogP contribution in [0, 0.1) is 44.3 Å². The minimum absolute atomic E-state index is 0.00171. The highest BCUT2D eigenvalue weighted by Gasteiger charge is 2.68. The molecular weight excluding hydrogens is 424 g/mol. The highest BCUT2D eigenvalue weighted by molar-refractivity contribution is 5.47. The Morgan fingerprint density at radius 1 is 0.853 bits per heavy atom. The Labute approximate surface area is 206 Å². The number of aliphatic hydroxyl groups excluding tert-OH is 4. The van der Waals surface area contributed by atoms with Gasteiger partial charge in [-0.1, -0.05) is 59.3 Å². The molecule has 0 saturated heterocycles. The molecule has 0 aromatic heterocycles. The molecule has 0 aromatic rings. The monoisotopic (exact) mass is 472 g/mol. The molecule has 0 aromatic carbocycles. The number of rotatable bonds is 2. The molecule has 192 valence electrons. The number of hydrogen-bond donors (Lipinski definition) is 4. The van der Waals surface area contributed by atoms with E-state index in [2.05, 4.69) is 53.7 Å². The van der Waals surface area contributed by atoms with Gasteiger partial charge in [-0.05, 0) is 85.0 Å². The zero-order chi connectivity index (χ0) is 24.9. The summed E-state index contributed by atoms with van der Waals surface area (Å²) in [6, 6.07) is 0. The average Bonchev–Trinajstić information content (AvgIpc) is 2.77. The van der Waals surface area contributed by atoms with Crippen LogP contribution in [0.2, 0.25) is 0 Å². The van der Waals surface area contributed by atoms with Crippen LogP contribution in [0.1, 0.15) is 92.9 Å². The summed E-state index contributed by atoms with van der Waals surface area (Å²) in [4.78, 5) is 0. The van der Waals surface area contributed by atoms with E-state index in [1.165, 1.54) is 11.1 Å². The van der Waals surface area contributed by atoms with Crippen LogP contribution in [0.25, 0.3) is 0 Å². The Morgan fingerprint density at radius 3 is 2.21 bits per heavy atom. The molecule has 5 aliphatic carbocycles. The normalized spacial score (nSPS) is 54.1. The Balaban J connectivity index is 1.68. The van der Waals surface area contributed by atoms with Crippen molar-refractivity contribution < 1.29 is 20.4 Å². The second kappa shape index (κ2) is 7.43. The van der Waals surface area contributed by atoms with Crippen molar-refractivity contribution in [1.29, 1.82) is 0 Å². The van der Waals surface area contributed by atoms with Crippen LogP contribution in [0.4, 0.5) is 0 Å². The fourth-order valence-electron chi connectivity index (χ4n) is 10.1. The predicted molar refractivity (Wildman–Crippen MR) is 135 cm³/mol. The van der Waals surface area contributed by atoms with Gasteiger partial charge in [0.25, 0.3) is 0 Å². The van der Waals surface area contributed by atoms with Gasteiger partial charge in [0.05, 0.1) is 25.4 Å². The maximum atomic E-state index is 11.7. The van der Waals surface area contributed by atoms with E-state index in [1.807, 2.05) is 0 Å². The fraction of sp³-hybridized carbons (Fsp3) is 0.867. The van der Waals surface area contributed by atoms with E-state index >= 15 is 0 Å². The zero-order valence-corrected chi connectivity index (χ0v) is 22.3. The van der Waals surface area contributed by atoms with E-state index < -0.39 is 23.0 Å². The third-order valence-corrected chi connectivity index (χ3v) is 12.7. The first kappa shape index (κ1) is 25.0. The predicted octanol–water partition coefficient (Wildman–Crippen LogP) is 5.00. The molecule has 3 fully saturated rings. The van der Waals surface area contributed by atoms with Gasteiger partial charge in [0, 0.05) is 16.2 Å². The van der Waals surface area contributed by atoms with Crippen molar-refractivity contribution in [2.45, 2.75) is 105 Å². The highest BCUT2D eigenvalue weighted by atomic mass is 16.3. The van der Waals surface area contributed by atoms with E-state index in [1.54, 1.807) is 0 Å². The van der Waals surface area contributed by atoms with Gasteiger partial charge in [-0.15, -0.1) is 0 Å². The molecule has 4 heteroatoms. The van der Waals surface area contributed by atoms with Crippen LogP contribution in [0.15, 0.2) is 23.3 Å². The molecule has 0 bridgehead atoms. The van der Waals surface area contributed by atoms with Gasteiger partial charge >= 0.3 is 0 Å². The largest absolute Gasteiger partial charge is 0.396 e. The number of allylic oxidation sites excluding steroid dienone is 3. The second-order valence-electron chi connectivity index (χ2n) is 14.7. The van der Waals surface area contributed by atoms with Crippen molar-refractivity contribution in [3.63, 3.8) is 0 Å². The summed E-state index contributed by atoms with van der Waals surface area (Å²) in [7, 11) is 0. The molecule has 9 atom stereocenters. The number of hydrogen-bond acceptors (Lipinski definition) is 4. The van der Waals surface area contributed by atoms with Gasteiger partial charge in [0.1, 0.15) is 0 Å². The van der Waals surface area contributed by atoms with Crippen molar-refractivity contribution >= 4 is 0 Å². The van der Waals surface area contributed by atoms with Crippen LogP contribution in [-0.2, 0) is 0 Å². The minimum atomic E-state index is -0.525. The Morgan fingerprint density at radius 2 is 1.56 bits per heavy atom. The van der Waals surface area contributed by atoms with Gasteiger partial charge < -0.3 is 20.4 Å². The first-order chi connectivity index (χ1) is 15.7. The second-order valence-corrected chi connectivity index (χ2v) is 14.7. The van der Waals surface area contributed by atoms with Crippen molar-refractivity contribution in [1.82, 2.24) is 0 Å². The highest BCUT2D eigenvalue weighted by Crippen LogP contribution is 2.74. The number of aliphatic hydroxyl groups is 4. The van der Waals surface area contributed by atoms with Crippen LogP contribution in [-0.4, -0.2) is 45.8 Å². The van der Waals surface area contributed by atoms with Crippen molar-refractivity contribution in [3.8, 4) is 0 Å². The first-order valence-corrected chi connectivity index (χ1v) is 13.7. The number of fused-ring (bicyclic) bond motifs is 6. The molecule has 0 spiro atoms. The summed E-state index contributed by atoms with van der Waals surface area (Å²) < 4.78 is 0. The maximum Gasteiger partial charge on any atom is 0.0664 e. The maximum absolute atomic E-state index is 11.7. The fourth-order valence-corrected chi connectivity index (χ4v) is 10.1. The minimum Gasteiger partial charge on any atom is -0.396 e. The summed E-state index contributed by atoms with van der Waals surface area (Å²) in [5.74, 6) is 0.602. The SMILES string of the molecule is CC1(C)CC[C@@]2(CO)C(=C3C=CC4[C@@]5(C)CCC(O)[C@@](C)(CO)C5CC[C@@]4(C)[C@]3(C)CC2O)C1. The molecule has 34 heavy (non-hydrogen) atoms. The molecule has 5 aliphatic rings. The van der Waals surface area contributed by atoms with Crippen LogP contribution < -0.4 is 0 Å². The van der Waals surface area contributed by atoms with E-state index in [0.29, 0.717) is 12.3 Å². The first-order valence-electron chi connectivity index (χ1n) is 13.7. The Kier molecular flexibility index (Phi) is 5.46. The van der Waals surface area contributed by atoms with Crippen LogP contribution >= 0.6 is 0 Å². The third-order valence-electron chi connectivity index (χ3n) is 12.7. The molecule has 4 nitrogen and oxygen atoms in total. The molecule has 0 heterocycles. The van der Waals surface area contributed by atoms with Gasteiger partial charge in [0.15, 0.2) is 0 Å². The lowest BCUT2D eigenvalue weighted by Crippen LogP contribution is -2.65. The van der Waals surface area contributed by atoms with Gasteiger partial charge in [0.2, 0.25) is 0 Å². The standard InChI is InChI=1S/C30H48O4/c1-25(2)13-14-30(18-32)20(15-25)19-7-8-22-26(3)11-10-23(33)27(4,17-31)21(26)9-12-28(22,5)29(19,6)16-24(30)34/h7-8,21-24,31-34H,9-18H2,1-6H3/t21?,22?,23?,24?,26-,27-,28+,29+,30+/m0/s1. The van der Waals surface area contributed by atoms with Crippen molar-refractivity contribution in [2.75, 3.05) is 13.2 Å². The van der Waals surface area contributed by atoms with Crippen LogP contribution in [0.5, 0.6) is 0 Å².